The van der Waals surface area contributed by atoms with Crippen molar-refractivity contribution < 1.29 is 12.8 Å². The first-order valence-electron chi connectivity index (χ1n) is 6.24. The average Bonchev–Trinajstić information content (AvgIpc) is 2.39. The molecule has 0 saturated carbocycles. The number of hydrogen-bond donors (Lipinski definition) is 2. The van der Waals surface area contributed by atoms with E-state index in [-0.39, 0.29) is 6.54 Å². The van der Waals surface area contributed by atoms with Crippen molar-refractivity contribution in [2.45, 2.75) is 19.8 Å². The van der Waals surface area contributed by atoms with Crippen molar-refractivity contribution in [1.29, 1.82) is 0 Å². The molecule has 0 spiro atoms. The highest BCUT2D eigenvalue weighted by Crippen LogP contribution is 2.18. The molecule has 0 saturated heterocycles. The molecule has 0 amide bonds. The normalized spacial score (nSPS) is 11.5. The maximum atomic E-state index is 12.9. The van der Waals surface area contributed by atoms with Crippen LogP contribution in [0.3, 0.4) is 0 Å². The van der Waals surface area contributed by atoms with Crippen LogP contribution in [0.4, 0.5) is 10.1 Å². The van der Waals surface area contributed by atoms with Gasteiger partial charge in [0.25, 0.3) is 0 Å². The van der Waals surface area contributed by atoms with Crippen molar-refractivity contribution in [3.05, 3.63) is 30.1 Å². The van der Waals surface area contributed by atoms with Crippen molar-refractivity contribution in [2.24, 2.45) is 5.73 Å². The first-order valence-corrected chi connectivity index (χ1v) is 7.68. The van der Waals surface area contributed by atoms with Gasteiger partial charge in [-0.2, -0.15) is 13.1 Å². The number of nitrogens with two attached hydrogens (primary N) is 1. The minimum absolute atomic E-state index is 0.265. The highest BCUT2D eigenvalue weighted by Gasteiger charge is 2.21. The molecule has 7 heteroatoms. The van der Waals surface area contributed by atoms with Gasteiger partial charge in [-0.05, 0) is 43.7 Å². The largest absolute Gasteiger partial charge is 0.330 e. The Labute approximate surface area is 113 Å². The van der Waals surface area contributed by atoms with Crippen molar-refractivity contribution in [2.75, 3.05) is 23.9 Å². The van der Waals surface area contributed by atoms with Crippen LogP contribution in [0.1, 0.15) is 19.8 Å². The topological polar surface area (TPSA) is 75.4 Å². The lowest BCUT2D eigenvalue weighted by Gasteiger charge is -2.24. The second-order valence-corrected chi connectivity index (χ2v) is 5.77. The first-order chi connectivity index (χ1) is 9.01. The molecular weight excluding hydrogens is 269 g/mol. The van der Waals surface area contributed by atoms with E-state index in [9.17, 15) is 12.8 Å². The lowest BCUT2D eigenvalue weighted by molar-refractivity contribution is 0.573. The molecule has 108 valence electrons. The fraction of sp³-hybridized carbons (Fsp3) is 0.500. The zero-order valence-electron chi connectivity index (χ0n) is 11.0. The summed E-state index contributed by atoms with van der Waals surface area (Å²) in [4.78, 5) is 0. The summed E-state index contributed by atoms with van der Waals surface area (Å²) in [5.74, 6) is -0.401. The Morgan fingerprint density at radius 1 is 1.32 bits per heavy atom. The van der Waals surface area contributed by atoms with Gasteiger partial charge in [-0.1, -0.05) is 6.92 Å². The molecule has 0 atom stereocenters. The van der Waals surface area contributed by atoms with E-state index in [1.807, 2.05) is 6.92 Å². The Kier molecular flexibility index (Phi) is 6.20. The molecule has 3 N–H and O–H groups in total. The summed E-state index contributed by atoms with van der Waals surface area (Å²) in [5.41, 5.74) is 5.85. The number of nitrogens with zero attached hydrogens (tertiary/aromatic N) is 1. The fourth-order valence-corrected chi connectivity index (χ4v) is 2.93. The maximum Gasteiger partial charge on any atom is 0.301 e. The summed E-state index contributed by atoms with van der Waals surface area (Å²) in [5, 5.41) is 0. The molecule has 0 aliphatic rings. The molecule has 0 aliphatic heterocycles. The molecule has 0 radical (unpaired) electrons. The summed E-state index contributed by atoms with van der Waals surface area (Å²) in [6.45, 7) is 2.90. The van der Waals surface area contributed by atoms with Gasteiger partial charge in [-0.25, -0.2) is 4.39 Å². The van der Waals surface area contributed by atoms with E-state index in [2.05, 4.69) is 4.72 Å². The minimum Gasteiger partial charge on any atom is -0.330 e. The zero-order chi connectivity index (χ0) is 14.3. The van der Waals surface area contributed by atoms with Gasteiger partial charge in [0.2, 0.25) is 0 Å². The molecular formula is C12H20FN3O2S. The van der Waals surface area contributed by atoms with Gasteiger partial charge in [0.15, 0.2) is 0 Å². The highest BCUT2D eigenvalue weighted by atomic mass is 32.2. The van der Waals surface area contributed by atoms with E-state index in [0.29, 0.717) is 31.6 Å². The predicted molar refractivity (Wildman–Crippen MR) is 74.6 cm³/mol. The number of anilines is 1. The van der Waals surface area contributed by atoms with Gasteiger partial charge >= 0.3 is 10.2 Å². The molecule has 1 aromatic rings. The quantitative estimate of drug-likeness (QED) is 0.755. The molecule has 5 nitrogen and oxygen atoms in total. The van der Waals surface area contributed by atoms with Crippen LogP contribution in [0.2, 0.25) is 0 Å². The molecule has 19 heavy (non-hydrogen) atoms. The van der Waals surface area contributed by atoms with Crippen LogP contribution in [-0.2, 0) is 10.2 Å². The first kappa shape index (κ1) is 15.9. The van der Waals surface area contributed by atoms with Gasteiger partial charge in [0, 0.05) is 13.1 Å². The predicted octanol–water partition coefficient (Wildman–Crippen LogP) is 1.23. The Hall–Kier alpha value is -1.18. The van der Waals surface area contributed by atoms with Crippen LogP contribution in [-0.4, -0.2) is 28.1 Å². The smallest absolute Gasteiger partial charge is 0.301 e. The summed E-state index contributed by atoms with van der Waals surface area (Å²) in [7, 11) is -3.62. The summed E-state index contributed by atoms with van der Waals surface area (Å²) in [6.07, 6.45) is 1.23. The number of nitrogens with one attached hydrogen (secondary N) is 1. The van der Waals surface area contributed by atoms with E-state index in [1.54, 1.807) is 0 Å². The summed E-state index contributed by atoms with van der Waals surface area (Å²) < 4.78 is 40.9. The van der Waals surface area contributed by atoms with E-state index < -0.39 is 16.0 Å². The number of benzene rings is 1. The third-order valence-electron chi connectivity index (χ3n) is 2.50. The van der Waals surface area contributed by atoms with Crippen molar-refractivity contribution in [3.63, 3.8) is 0 Å². The molecule has 0 aliphatic carbocycles. The Balaban J connectivity index is 2.96. The SMILES string of the molecule is CCCNS(=O)(=O)N(CCCN)c1ccc(F)cc1. The second-order valence-electron chi connectivity index (χ2n) is 4.09. The summed E-state index contributed by atoms with van der Waals surface area (Å²) in [6, 6.07) is 5.36. The van der Waals surface area contributed by atoms with Gasteiger partial charge in [0.1, 0.15) is 5.82 Å². The standard InChI is InChI=1S/C12H20FN3O2S/c1-2-9-15-19(17,18)16(10-3-8-14)12-6-4-11(13)5-7-12/h4-7,15H,2-3,8-10,14H2,1H3. The number of rotatable bonds is 8. The molecule has 1 aromatic carbocycles. The Morgan fingerprint density at radius 2 is 1.95 bits per heavy atom. The Bertz CT molecular complexity index is 476. The van der Waals surface area contributed by atoms with Crippen LogP contribution >= 0.6 is 0 Å². The van der Waals surface area contributed by atoms with Crippen LogP contribution in [0.15, 0.2) is 24.3 Å². The third kappa shape index (κ3) is 4.77. The lowest BCUT2D eigenvalue weighted by Crippen LogP contribution is -2.42. The van der Waals surface area contributed by atoms with E-state index in [0.717, 1.165) is 0 Å². The van der Waals surface area contributed by atoms with Gasteiger partial charge in [-0.3, -0.25) is 4.31 Å². The van der Waals surface area contributed by atoms with Crippen molar-refractivity contribution in [1.82, 2.24) is 4.72 Å². The molecule has 0 unspecified atom stereocenters. The maximum absolute atomic E-state index is 12.9. The van der Waals surface area contributed by atoms with Crippen LogP contribution in [0, 0.1) is 5.82 Å². The van der Waals surface area contributed by atoms with Gasteiger partial charge in [0.05, 0.1) is 5.69 Å². The summed E-state index contributed by atoms with van der Waals surface area (Å²) >= 11 is 0. The van der Waals surface area contributed by atoms with Crippen molar-refractivity contribution >= 4 is 15.9 Å². The monoisotopic (exact) mass is 289 g/mol. The van der Waals surface area contributed by atoms with Crippen molar-refractivity contribution in [3.8, 4) is 0 Å². The average molecular weight is 289 g/mol. The van der Waals surface area contributed by atoms with Crippen LogP contribution in [0.5, 0.6) is 0 Å². The highest BCUT2D eigenvalue weighted by molar-refractivity contribution is 7.90. The number of halogens is 1. The van der Waals surface area contributed by atoms with E-state index in [4.69, 9.17) is 5.73 Å². The lowest BCUT2D eigenvalue weighted by atomic mass is 10.3. The molecule has 0 fully saturated rings. The fourth-order valence-electron chi connectivity index (χ4n) is 1.54. The third-order valence-corrected chi connectivity index (χ3v) is 4.05. The minimum atomic E-state index is -3.62. The van der Waals surface area contributed by atoms with Gasteiger partial charge < -0.3 is 5.73 Å². The van der Waals surface area contributed by atoms with Gasteiger partial charge in [-0.15, -0.1) is 0 Å². The molecule has 0 heterocycles. The number of hydrogen-bond acceptors (Lipinski definition) is 3. The zero-order valence-corrected chi connectivity index (χ0v) is 11.8. The Morgan fingerprint density at radius 3 is 2.47 bits per heavy atom. The van der Waals surface area contributed by atoms with Crippen LogP contribution < -0.4 is 14.8 Å². The van der Waals surface area contributed by atoms with E-state index >= 15 is 0 Å². The van der Waals surface area contributed by atoms with E-state index in [1.165, 1.54) is 28.6 Å². The molecule has 0 aromatic heterocycles. The van der Waals surface area contributed by atoms with Crippen LogP contribution in [0.25, 0.3) is 0 Å². The molecule has 0 bridgehead atoms. The molecule has 1 rings (SSSR count). The second kappa shape index (κ2) is 7.42.